The summed E-state index contributed by atoms with van der Waals surface area (Å²) in [4.78, 5) is 26.2. The molecule has 0 aromatic carbocycles. The number of pyridine rings is 2. The number of carbonyl (C=O) groups is 1. The zero-order valence-electron chi connectivity index (χ0n) is 16.6. The number of anilines is 3. The number of fused-ring (bicyclic) bond motifs is 1. The summed E-state index contributed by atoms with van der Waals surface area (Å²) >= 11 is 0. The lowest BCUT2D eigenvalue weighted by Crippen LogP contribution is -2.42. The molecule has 2 aliphatic rings. The largest absolute Gasteiger partial charge is 0.336 e. The Kier molecular flexibility index (Phi) is 5.43. The summed E-state index contributed by atoms with van der Waals surface area (Å²) in [5.41, 5.74) is 8.81. The van der Waals surface area contributed by atoms with Gasteiger partial charge in [-0.3, -0.25) is 4.79 Å². The minimum atomic E-state index is 0.115. The van der Waals surface area contributed by atoms with Gasteiger partial charge in [0.25, 0.3) is 5.91 Å². The van der Waals surface area contributed by atoms with Gasteiger partial charge < -0.3 is 15.2 Å². The van der Waals surface area contributed by atoms with E-state index in [0.29, 0.717) is 11.6 Å². The van der Waals surface area contributed by atoms with Gasteiger partial charge in [0.05, 0.1) is 5.56 Å². The van der Waals surface area contributed by atoms with Gasteiger partial charge in [-0.05, 0) is 56.7 Å². The summed E-state index contributed by atoms with van der Waals surface area (Å²) in [5, 5.41) is 0. The lowest BCUT2D eigenvalue weighted by atomic mass is 10.0. The second kappa shape index (κ2) is 8.14. The van der Waals surface area contributed by atoms with E-state index in [1.165, 1.54) is 6.42 Å². The van der Waals surface area contributed by atoms with Crippen molar-refractivity contribution in [2.75, 3.05) is 30.5 Å². The molecular formula is C21H28N6O. The Labute approximate surface area is 166 Å². The highest BCUT2D eigenvalue weighted by atomic mass is 16.2. The fourth-order valence-electron chi connectivity index (χ4n) is 4.18. The third kappa shape index (κ3) is 3.67. The van der Waals surface area contributed by atoms with E-state index < -0.39 is 0 Å². The molecule has 7 nitrogen and oxygen atoms in total. The normalized spacial score (nSPS) is 19.3. The molecule has 148 valence electrons. The lowest BCUT2D eigenvalue weighted by Gasteiger charge is -2.34. The number of nitrogens with one attached hydrogen (secondary N) is 2. The van der Waals surface area contributed by atoms with Crippen LogP contribution in [0, 0.1) is 0 Å². The summed E-state index contributed by atoms with van der Waals surface area (Å²) in [7, 11) is 1.81. The molecule has 0 bridgehead atoms. The number of amides is 1. The molecule has 0 spiro atoms. The number of likely N-dealkylation sites (tertiary alicyclic amines) is 1. The van der Waals surface area contributed by atoms with Crippen LogP contribution < -0.4 is 15.8 Å². The first-order valence-electron chi connectivity index (χ1n) is 10.1. The fraction of sp³-hybridized carbons (Fsp3) is 0.476. The maximum Gasteiger partial charge on any atom is 0.255 e. The topological polar surface area (TPSA) is 73.4 Å². The van der Waals surface area contributed by atoms with Gasteiger partial charge in [0.1, 0.15) is 11.6 Å². The van der Waals surface area contributed by atoms with E-state index in [0.717, 1.165) is 61.7 Å². The van der Waals surface area contributed by atoms with Crippen LogP contribution in [0.25, 0.3) is 0 Å². The van der Waals surface area contributed by atoms with Crippen LogP contribution in [0.1, 0.15) is 48.5 Å². The maximum absolute atomic E-state index is 13.0. The minimum Gasteiger partial charge on any atom is -0.336 e. The van der Waals surface area contributed by atoms with Crippen LogP contribution >= 0.6 is 0 Å². The molecule has 2 aromatic rings. The molecule has 0 unspecified atom stereocenters. The first-order chi connectivity index (χ1) is 13.7. The Balaban J connectivity index is 1.61. The van der Waals surface area contributed by atoms with Crippen molar-refractivity contribution in [1.29, 1.82) is 0 Å². The molecule has 0 radical (unpaired) electrons. The Morgan fingerprint density at radius 2 is 2.07 bits per heavy atom. The summed E-state index contributed by atoms with van der Waals surface area (Å²) < 4.78 is 0. The van der Waals surface area contributed by atoms with Crippen molar-refractivity contribution < 1.29 is 4.79 Å². The van der Waals surface area contributed by atoms with E-state index in [9.17, 15) is 4.79 Å². The molecule has 1 saturated heterocycles. The van der Waals surface area contributed by atoms with Crippen molar-refractivity contribution in [3.63, 3.8) is 0 Å². The van der Waals surface area contributed by atoms with Crippen LogP contribution in [0.2, 0.25) is 0 Å². The van der Waals surface area contributed by atoms with Gasteiger partial charge in [-0.1, -0.05) is 0 Å². The van der Waals surface area contributed by atoms with Gasteiger partial charge in [-0.25, -0.2) is 15.4 Å². The molecule has 4 heterocycles. The molecule has 2 N–H and O–H groups in total. The molecular weight excluding hydrogens is 352 g/mol. The third-order valence-electron chi connectivity index (χ3n) is 5.65. The van der Waals surface area contributed by atoms with Crippen molar-refractivity contribution in [3.8, 4) is 0 Å². The number of piperidine rings is 1. The van der Waals surface area contributed by atoms with E-state index in [-0.39, 0.29) is 5.91 Å². The van der Waals surface area contributed by atoms with Crippen LogP contribution in [0.5, 0.6) is 0 Å². The number of hydrogen-bond donors (Lipinski definition) is 2. The average molecular weight is 380 g/mol. The number of aromatic nitrogens is 2. The molecule has 2 aromatic heterocycles. The second-order valence-electron chi connectivity index (χ2n) is 7.58. The van der Waals surface area contributed by atoms with Crippen molar-refractivity contribution in [1.82, 2.24) is 20.3 Å². The Morgan fingerprint density at radius 3 is 2.89 bits per heavy atom. The SMILES string of the molecule is CNNc1cc(N2CCCc3cc(C(=O)N4CCCC[C@H]4C)cnc32)ccn1. The van der Waals surface area contributed by atoms with Gasteiger partial charge >= 0.3 is 0 Å². The van der Waals surface area contributed by atoms with E-state index in [1.807, 2.05) is 30.1 Å². The summed E-state index contributed by atoms with van der Waals surface area (Å²) in [6.07, 6.45) is 8.90. The highest BCUT2D eigenvalue weighted by Gasteiger charge is 2.27. The number of nitrogens with zero attached hydrogens (tertiary/aromatic N) is 4. The van der Waals surface area contributed by atoms with Gasteiger partial charge in [0.15, 0.2) is 0 Å². The summed E-state index contributed by atoms with van der Waals surface area (Å²) in [6.45, 7) is 3.89. The molecule has 4 rings (SSSR count). The molecule has 28 heavy (non-hydrogen) atoms. The number of hydrogen-bond acceptors (Lipinski definition) is 6. The molecule has 1 atom stereocenters. The standard InChI is InChI=1S/C21H28N6O/c1-15-6-3-4-10-26(15)21(28)17-12-16-7-5-11-27(20(16)24-14-17)18-8-9-23-19(13-18)25-22-2/h8-9,12-15,22H,3-7,10-11H2,1-2H3,(H,23,25)/t15-/m1/s1. The van der Waals surface area contributed by atoms with Gasteiger partial charge in [-0.2, -0.15) is 0 Å². The summed E-state index contributed by atoms with van der Waals surface area (Å²) in [5.74, 6) is 1.82. The molecule has 7 heteroatoms. The molecule has 2 aliphatic heterocycles. The van der Waals surface area contributed by atoms with Gasteiger partial charge in [0, 0.05) is 50.3 Å². The van der Waals surface area contributed by atoms with Crippen LogP contribution in [0.3, 0.4) is 0 Å². The van der Waals surface area contributed by atoms with Crippen LogP contribution in [0.4, 0.5) is 17.3 Å². The van der Waals surface area contributed by atoms with Gasteiger partial charge in [0.2, 0.25) is 0 Å². The Hall–Kier alpha value is -2.67. The monoisotopic (exact) mass is 380 g/mol. The van der Waals surface area contributed by atoms with Crippen LogP contribution in [0.15, 0.2) is 30.6 Å². The highest BCUT2D eigenvalue weighted by molar-refractivity contribution is 5.95. The lowest BCUT2D eigenvalue weighted by molar-refractivity contribution is 0.0635. The maximum atomic E-state index is 13.0. The smallest absolute Gasteiger partial charge is 0.255 e. The molecule has 0 saturated carbocycles. The minimum absolute atomic E-state index is 0.115. The molecule has 1 fully saturated rings. The third-order valence-corrected chi connectivity index (χ3v) is 5.65. The van der Waals surface area contributed by atoms with E-state index in [1.54, 1.807) is 12.4 Å². The Bertz CT molecular complexity index is 855. The van der Waals surface area contributed by atoms with E-state index >= 15 is 0 Å². The van der Waals surface area contributed by atoms with Crippen molar-refractivity contribution >= 4 is 23.2 Å². The first kappa shape index (κ1) is 18.7. The zero-order valence-corrected chi connectivity index (χ0v) is 16.6. The van der Waals surface area contributed by atoms with Crippen molar-refractivity contribution in [2.45, 2.75) is 45.1 Å². The number of carbonyl (C=O) groups excluding carboxylic acids is 1. The molecule has 1 amide bonds. The number of aryl methyl sites for hydroxylation is 1. The van der Waals surface area contributed by atoms with E-state index in [2.05, 4.69) is 27.7 Å². The zero-order chi connectivity index (χ0) is 19.5. The number of rotatable bonds is 4. The molecule has 0 aliphatic carbocycles. The van der Waals surface area contributed by atoms with Crippen molar-refractivity contribution in [2.24, 2.45) is 0 Å². The first-order valence-corrected chi connectivity index (χ1v) is 10.1. The highest BCUT2D eigenvalue weighted by Crippen LogP contribution is 2.33. The van der Waals surface area contributed by atoms with Crippen LogP contribution in [-0.2, 0) is 6.42 Å². The van der Waals surface area contributed by atoms with E-state index in [4.69, 9.17) is 4.98 Å². The Morgan fingerprint density at radius 1 is 1.18 bits per heavy atom. The quantitative estimate of drug-likeness (QED) is 0.794. The fourth-order valence-corrected chi connectivity index (χ4v) is 4.18. The van der Waals surface area contributed by atoms with Crippen LogP contribution in [-0.4, -0.2) is 47.0 Å². The predicted molar refractivity (Wildman–Crippen MR) is 111 cm³/mol. The van der Waals surface area contributed by atoms with Crippen molar-refractivity contribution in [3.05, 3.63) is 41.7 Å². The number of hydrazine groups is 1. The second-order valence-corrected chi connectivity index (χ2v) is 7.58. The predicted octanol–water partition coefficient (Wildman–Crippen LogP) is 3.12. The average Bonchev–Trinajstić information content (AvgIpc) is 2.73. The van der Waals surface area contributed by atoms with Gasteiger partial charge in [-0.15, -0.1) is 0 Å². The summed E-state index contributed by atoms with van der Waals surface area (Å²) in [6, 6.07) is 6.35.